The molecule has 0 N–H and O–H groups in total. The van der Waals surface area contributed by atoms with E-state index in [-0.39, 0.29) is 5.91 Å². The molecule has 0 radical (unpaired) electrons. The van der Waals surface area contributed by atoms with E-state index in [2.05, 4.69) is 18.1 Å². The van der Waals surface area contributed by atoms with E-state index in [1.54, 1.807) is 15.8 Å². The van der Waals surface area contributed by atoms with Gasteiger partial charge in [0, 0.05) is 0 Å². The number of aryl methyl sites for hydroxylation is 1. The number of nitrogens with zero attached hydrogens (tertiary/aromatic N) is 4. The fraction of sp³-hybridized carbons (Fsp3) is 0.115. The molecule has 0 bridgehead atoms. The summed E-state index contributed by atoms with van der Waals surface area (Å²) in [4.78, 5) is 20.3. The molecule has 5 rings (SSSR count). The van der Waals surface area contributed by atoms with Crippen LogP contribution in [0.25, 0.3) is 15.9 Å². The Morgan fingerprint density at radius 1 is 0.969 bits per heavy atom. The highest BCUT2D eigenvalue weighted by Crippen LogP contribution is 2.32. The normalized spacial score (nSPS) is 11.1. The van der Waals surface area contributed by atoms with Crippen molar-refractivity contribution in [3.05, 3.63) is 107 Å². The Bertz CT molecular complexity index is 1390. The zero-order valence-electron chi connectivity index (χ0n) is 17.9. The molecule has 0 saturated carbocycles. The lowest BCUT2D eigenvalue weighted by atomic mass is 10.2. The standard InChI is InChI=1S/C26H22N4OS/c1-18-13-14-23-24(15-18)32-26(28-23)29(17-20-9-5-3-6-10-20)25(31)22-16-27-30(19(22)2)21-11-7-4-8-12-21/h3-16H,17H2,1-2H3. The van der Waals surface area contributed by atoms with Gasteiger partial charge in [-0.25, -0.2) is 9.67 Å². The average Bonchev–Trinajstić information content (AvgIpc) is 3.41. The van der Waals surface area contributed by atoms with Gasteiger partial charge in [-0.05, 0) is 49.2 Å². The number of hydrogen-bond acceptors (Lipinski definition) is 4. The summed E-state index contributed by atoms with van der Waals surface area (Å²) >= 11 is 1.54. The van der Waals surface area contributed by atoms with E-state index in [1.165, 1.54) is 16.9 Å². The summed E-state index contributed by atoms with van der Waals surface area (Å²) in [5.74, 6) is -0.107. The molecule has 1 amide bonds. The maximum Gasteiger partial charge on any atom is 0.263 e. The van der Waals surface area contributed by atoms with Crippen LogP contribution in [-0.2, 0) is 6.54 Å². The fourth-order valence-electron chi connectivity index (χ4n) is 3.72. The zero-order valence-corrected chi connectivity index (χ0v) is 18.7. The molecule has 0 spiro atoms. The van der Waals surface area contributed by atoms with E-state index in [1.807, 2.05) is 79.7 Å². The van der Waals surface area contributed by atoms with Gasteiger partial charge in [-0.2, -0.15) is 5.10 Å². The SMILES string of the molecule is Cc1ccc2nc(N(Cc3ccccc3)C(=O)c3cnn(-c4ccccc4)c3C)sc2c1. The molecule has 5 nitrogen and oxygen atoms in total. The Labute approximate surface area is 190 Å². The van der Waals surface area contributed by atoms with Gasteiger partial charge in [0.2, 0.25) is 0 Å². The first-order valence-corrected chi connectivity index (χ1v) is 11.2. The Kier molecular flexibility index (Phi) is 5.29. The number of thiazole rings is 1. The van der Waals surface area contributed by atoms with Crippen LogP contribution in [0.5, 0.6) is 0 Å². The third kappa shape index (κ3) is 3.81. The molecule has 2 heterocycles. The number of para-hydroxylation sites is 1. The van der Waals surface area contributed by atoms with Gasteiger partial charge < -0.3 is 0 Å². The lowest BCUT2D eigenvalue weighted by molar-refractivity contribution is 0.0984. The predicted octanol–water partition coefficient (Wildman–Crippen LogP) is 5.95. The van der Waals surface area contributed by atoms with Crippen molar-refractivity contribution in [2.24, 2.45) is 0 Å². The summed E-state index contributed by atoms with van der Waals surface area (Å²) in [5.41, 5.74) is 5.42. The molecule has 3 aromatic carbocycles. The number of benzene rings is 3. The molecule has 0 aliphatic carbocycles. The van der Waals surface area contributed by atoms with Crippen LogP contribution in [-0.4, -0.2) is 20.7 Å². The molecule has 5 aromatic rings. The van der Waals surface area contributed by atoms with E-state index >= 15 is 0 Å². The summed E-state index contributed by atoms with van der Waals surface area (Å²) in [6.07, 6.45) is 1.65. The minimum Gasteiger partial charge on any atom is -0.279 e. The van der Waals surface area contributed by atoms with Gasteiger partial charge in [0.05, 0.1) is 39.9 Å². The summed E-state index contributed by atoms with van der Waals surface area (Å²) in [6.45, 7) is 4.43. The smallest absolute Gasteiger partial charge is 0.263 e. The van der Waals surface area contributed by atoms with Crippen molar-refractivity contribution in [2.75, 3.05) is 4.90 Å². The highest BCUT2D eigenvalue weighted by molar-refractivity contribution is 7.22. The number of carbonyl (C=O) groups excluding carboxylic acids is 1. The van der Waals surface area contributed by atoms with Gasteiger partial charge in [-0.3, -0.25) is 9.69 Å². The molecule has 2 aromatic heterocycles. The fourth-order valence-corrected chi connectivity index (χ4v) is 4.78. The Morgan fingerprint density at radius 2 is 1.69 bits per heavy atom. The second kappa shape index (κ2) is 8.40. The monoisotopic (exact) mass is 438 g/mol. The molecule has 0 aliphatic heterocycles. The van der Waals surface area contributed by atoms with Gasteiger partial charge in [-0.15, -0.1) is 0 Å². The number of fused-ring (bicyclic) bond motifs is 1. The molecule has 0 fully saturated rings. The van der Waals surface area contributed by atoms with Crippen molar-refractivity contribution in [1.82, 2.24) is 14.8 Å². The Morgan fingerprint density at radius 3 is 2.44 bits per heavy atom. The second-order valence-corrected chi connectivity index (χ2v) is 8.74. The van der Waals surface area contributed by atoms with Crippen LogP contribution < -0.4 is 4.90 Å². The maximum absolute atomic E-state index is 13.8. The average molecular weight is 439 g/mol. The number of aromatic nitrogens is 3. The van der Waals surface area contributed by atoms with Crippen LogP contribution in [0, 0.1) is 13.8 Å². The van der Waals surface area contributed by atoms with Crippen molar-refractivity contribution >= 4 is 32.6 Å². The van der Waals surface area contributed by atoms with Crippen molar-refractivity contribution < 1.29 is 4.79 Å². The van der Waals surface area contributed by atoms with Crippen molar-refractivity contribution in [1.29, 1.82) is 0 Å². The number of hydrogen-bond donors (Lipinski definition) is 0. The molecule has 6 heteroatoms. The highest BCUT2D eigenvalue weighted by atomic mass is 32.1. The molecular weight excluding hydrogens is 416 g/mol. The quantitative estimate of drug-likeness (QED) is 0.341. The van der Waals surface area contributed by atoms with Gasteiger partial charge in [0.1, 0.15) is 0 Å². The van der Waals surface area contributed by atoms with Crippen LogP contribution in [0.15, 0.2) is 85.1 Å². The molecule has 158 valence electrons. The lowest BCUT2D eigenvalue weighted by Crippen LogP contribution is -2.30. The van der Waals surface area contributed by atoms with E-state index in [0.717, 1.165) is 27.2 Å². The lowest BCUT2D eigenvalue weighted by Gasteiger charge is -2.20. The van der Waals surface area contributed by atoms with Crippen LogP contribution in [0.4, 0.5) is 5.13 Å². The Hall–Kier alpha value is -3.77. The number of carbonyl (C=O) groups is 1. The van der Waals surface area contributed by atoms with Gasteiger partial charge in [-0.1, -0.05) is 65.9 Å². The van der Waals surface area contributed by atoms with Crippen molar-refractivity contribution in [3.8, 4) is 5.69 Å². The molecule has 32 heavy (non-hydrogen) atoms. The maximum atomic E-state index is 13.8. The largest absolute Gasteiger partial charge is 0.279 e. The summed E-state index contributed by atoms with van der Waals surface area (Å²) < 4.78 is 2.87. The first-order valence-electron chi connectivity index (χ1n) is 10.4. The summed E-state index contributed by atoms with van der Waals surface area (Å²) in [7, 11) is 0. The third-order valence-electron chi connectivity index (χ3n) is 5.43. The first kappa shape index (κ1) is 20.2. The number of anilines is 1. The van der Waals surface area contributed by atoms with E-state index < -0.39 is 0 Å². The first-order chi connectivity index (χ1) is 15.6. The molecule has 0 saturated heterocycles. The van der Waals surface area contributed by atoms with Gasteiger partial charge in [0.15, 0.2) is 5.13 Å². The summed E-state index contributed by atoms with van der Waals surface area (Å²) in [5, 5.41) is 5.18. The number of amides is 1. The molecule has 0 aliphatic rings. The highest BCUT2D eigenvalue weighted by Gasteiger charge is 2.25. The van der Waals surface area contributed by atoms with Crippen LogP contribution in [0.1, 0.15) is 27.2 Å². The topological polar surface area (TPSA) is 51.0 Å². The van der Waals surface area contributed by atoms with Crippen molar-refractivity contribution in [2.45, 2.75) is 20.4 Å². The van der Waals surface area contributed by atoms with Crippen LogP contribution in [0.2, 0.25) is 0 Å². The molecular formula is C26H22N4OS. The molecule has 0 unspecified atom stereocenters. The Balaban J connectivity index is 1.57. The van der Waals surface area contributed by atoms with E-state index in [0.29, 0.717) is 17.2 Å². The summed E-state index contributed by atoms with van der Waals surface area (Å²) in [6, 6.07) is 26.0. The van der Waals surface area contributed by atoms with E-state index in [9.17, 15) is 4.79 Å². The minimum absolute atomic E-state index is 0.107. The second-order valence-electron chi connectivity index (χ2n) is 7.74. The van der Waals surface area contributed by atoms with E-state index in [4.69, 9.17) is 4.98 Å². The third-order valence-corrected chi connectivity index (χ3v) is 6.47. The predicted molar refractivity (Wildman–Crippen MR) is 130 cm³/mol. The van der Waals surface area contributed by atoms with Gasteiger partial charge >= 0.3 is 0 Å². The zero-order chi connectivity index (χ0) is 22.1. The van der Waals surface area contributed by atoms with Crippen LogP contribution >= 0.6 is 11.3 Å². The number of rotatable bonds is 5. The molecule has 0 atom stereocenters. The minimum atomic E-state index is -0.107. The van der Waals surface area contributed by atoms with Gasteiger partial charge in [0.25, 0.3) is 5.91 Å². The van der Waals surface area contributed by atoms with Crippen LogP contribution in [0.3, 0.4) is 0 Å². The van der Waals surface area contributed by atoms with Crippen molar-refractivity contribution in [3.63, 3.8) is 0 Å².